The average molecular weight is 396 g/mol. The summed E-state index contributed by atoms with van der Waals surface area (Å²) in [6.07, 6.45) is 1.80. The lowest BCUT2D eigenvalue weighted by atomic mass is 9.94. The number of carbonyl (C=O) groups is 1. The second-order valence-corrected chi connectivity index (χ2v) is 8.47. The van der Waals surface area contributed by atoms with E-state index in [0.717, 1.165) is 24.7 Å². The molecule has 0 bridgehead atoms. The highest BCUT2D eigenvalue weighted by atomic mass is 35.5. The molecule has 1 aromatic heterocycles. The monoisotopic (exact) mass is 395 g/mol. The van der Waals surface area contributed by atoms with E-state index in [1.165, 1.54) is 0 Å². The largest absolute Gasteiger partial charge is 0.444 e. The first kappa shape index (κ1) is 19.2. The summed E-state index contributed by atoms with van der Waals surface area (Å²) in [6.45, 7) is 9.80. The fourth-order valence-corrected chi connectivity index (χ4v) is 3.42. The normalized spacial score (nSPS) is 16.1. The van der Waals surface area contributed by atoms with Crippen molar-refractivity contribution in [3.63, 3.8) is 0 Å². The maximum Gasteiger partial charge on any atom is 0.254 e. The zero-order valence-corrected chi connectivity index (χ0v) is 16.8. The molecule has 0 aliphatic carbocycles. The predicted octanol–water partition coefficient (Wildman–Crippen LogP) is 4.24. The van der Waals surface area contributed by atoms with Crippen molar-refractivity contribution in [2.75, 3.05) is 26.2 Å². The Morgan fingerprint density at radius 2 is 1.73 bits per heavy atom. The number of nitrogens with zero attached hydrogens (tertiary/aromatic N) is 3. The number of piperazine rings is 1. The van der Waals surface area contributed by atoms with Crippen LogP contribution >= 0.6 is 23.2 Å². The van der Waals surface area contributed by atoms with Crippen LogP contribution in [0.1, 0.15) is 42.8 Å². The molecule has 0 spiro atoms. The average Bonchev–Trinajstić information content (AvgIpc) is 3.03. The van der Waals surface area contributed by atoms with Crippen LogP contribution in [0.15, 0.2) is 28.8 Å². The fourth-order valence-electron chi connectivity index (χ4n) is 2.89. The minimum Gasteiger partial charge on any atom is -0.444 e. The molecule has 2 heterocycles. The zero-order chi connectivity index (χ0) is 18.9. The van der Waals surface area contributed by atoms with Crippen molar-refractivity contribution in [3.05, 3.63) is 51.7 Å². The second-order valence-electron chi connectivity index (χ2n) is 7.59. The van der Waals surface area contributed by atoms with E-state index >= 15 is 0 Å². The van der Waals surface area contributed by atoms with Crippen LogP contribution in [0.25, 0.3) is 0 Å². The number of hydrogen-bond acceptors (Lipinski definition) is 4. The number of aromatic nitrogens is 1. The van der Waals surface area contributed by atoms with Gasteiger partial charge in [-0.2, -0.15) is 0 Å². The van der Waals surface area contributed by atoms with Crippen molar-refractivity contribution in [1.82, 2.24) is 14.8 Å². The Kier molecular flexibility index (Phi) is 5.61. The Morgan fingerprint density at radius 1 is 1.12 bits per heavy atom. The molecule has 1 saturated heterocycles. The Balaban J connectivity index is 1.57. The van der Waals surface area contributed by atoms with Crippen LogP contribution < -0.4 is 0 Å². The summed E-state index contributed by atoms with van der Waals surface area (Å²) in [5.74, 6) is 1.57. The molecular formula is C19H23Cl2N3O2. The Bertz CT molecular complexity index is 770. The van der Waals surface area contributed by atoms with Crippen LogP contribution in [0.5, 0.6) is 0 Å². The summed E-state index contributed by atoms with van der Waals surface area (Å²) in [5, 5.41) is 0.941. The lowest BCUT2D eigenvalue weighted by Crippen LogP contribution is -2.48. The molecule has 0 saturated carbocycles. The van der Waals surface area contributed by atoms with Gasteiger partial charge in [-0.05, 0) is 18.2 Å². The van der Waals surface area contributed by atoms with Gasteiger partial charge in [-0.3, -0.25) is 9.69 Å². The summed E-state index contributed by atoms with van der Waals surface area (Å²) < 4.78 is 5.86. The van der Waals surface area contributed by atoms with Crippen molar-refractivity contribution < 1.29 is 9.21 Å². The number of halogens is 2. The number of oxazole rings is 1. The third-order valence-corrected chi connectivity index (χ3v) is 4.86. The maximum absolute atomic E-state index is 12.6. The third kappa shape index (κ3) is 4.58. The molecule has 2 aromatic rings. The van der Waals surface area contributed by atoms with Crippen molar-refractivity contribution in [2.45, 2.75) is 32.7 Å². The van der Waals surface area contributed by atoms with E-state index < -0.39 is 0 Å². The van der Waals surface area contributed by atoms with Gasteiger partial charge in [0.1, 0.15) is 5.76 Å². The van der Waals surface area contributed by atoms with Gasteiger partial charge < -0.3 is 9.32 Å². The molecule has 3 rings (SSSR count). The van der Waals surface area contributed by atoms with Crippen molar-refractivity contribution >= 4 is 29.1 Å². The topological polar surface area (TPSA) is 49.6 Å². The van der Waals surface area contributed by atoms with Gasteiger partial charge in [-0.1, -0.05) is 44.0 Å². The number of rotatable bonds is 3. The molecule has 1 fully saturated rings. The summed E-state index contributed by atoms with van der Waals surface area (Å²) in [7, 11) is 0. The highest BCUT2D eigenvalue weighted by molar-refractivity contribution is 6.35. The van der Waals surface area contributed by atoms with E-state index in [-0.39, 0.29) is 11.3 Å². The SMILES string of the molecule is CC(C)(C)c1cnc(CN2CCN(C(=O)c3cc(Cl)cc(Cl)c3)CC2)o1. The molecule has 0 unspecified atom stereocenters. The molecule has 0 radical (unpaired) electrons. The molecule has 7 heteroatoms. The van der Waals surface area contributed by atoms with E-state index in [4.69, 9.17) is 27.6 Å². The standard InChI is InChI=1S/C19H23Cl2N3O2/c1-19(2,3)16-11-22-17(26-16)12-23-4-6-24(7-5-23)18(25)13-8-14(20)10-15(21)9-13/h8-11H,4-7,12H2,1-3H3. The first-order chi connectivity index (χ1) is 12.2. The highest BCUT2D eigenvalue weighted by Crippen LogP contribution is 2.24. The molecule has 140 valence electrons. The quantitative estimate of drug-likeness (QED) is 0.779. The molecule has 26 heavy (non-hydrogen) atoms. The van der Waals surface area contributed by atoms with E-state index in [9.17, 15) is 4.79 Å². The molecule has 0 N–H and O–H groups in total. The zero-order valence-electron chi connectivity index (χ0n) is 15.3. The fraction of sp³-hybridized carbons (Fsp3) is 0.474. The van der Waals surface area contributed by atoms with E-state index in [0.29, 0.717) is 35.2 Å². The molecule has 0 atom stereocenters. The number of benzene rings is 1. The molecule has 1 aromatic carbocycles. The summed E-state index contributed by atoms with van der Waals surface area (Å²) >= 11 is 12.0. The number of carbonyl (C=O) groups excluding carboxylic acids is 1. The number of hydrogen-bond donors (Lipinski definition) is 0. The van der Waals surface area contributed by atoms with Gasteiger partial charge in [-0.25, -0.2) is 4.98 Å². The molecular weight excluding hydrogens is 373 g/mol. The first-order valence-electron chi connectivity index (χ1n) is 8.65. The summed E-state index contributed by atoms with van der Waals surface area (Å²) in [5.41, 5.74) is 0.479. The highest BCUT2D eigenvalue weighted by Gasteiger charge is 2.25. The van der Waals surface area contributed by atoms with Crippen molar-refractivity contribution in [3.8, 4) is 0 Å². The Hall–Kier alpha value is -1.56. The van der Waals surface area contributed by atoms with Crippen LogP contribution in [-0.4, -0.2) is 46.9 Å². The van der Waals surface area contributed by atoms with E-state index in [1.807, 2.05) is 4.90 Å². The molecule has 1 aliphatic heterocycles. The smallest absolute Gasteiger partial charge is 0.254 e. The minimum absolute atomic E-state index is 0.0415. The maximum atomic E-state index is 12.6. The third-order valence-electron chi connectivity index (χ3n) is 4.42. The van der Waals surface area contributed by atoms with Crippen LogP contribution in [0.3, 0.4) is 0 Å². The van der Waals surface area contributed by atoms with Gasteiger partial charge in [0.15, 0.2) is 0 Å². The molecule has 5 nitrogen and oxygen atoms in total. The van der Waals surface area contributed by atoms with Crippen molar-refractivity contribution in [2.24, 2.45) is 0 Å². The predicted molar refractivity (Wildman–Crippen MR) is 103 cm³/mol. The Labute approximate surface area is 163 Å². The van der Waals surface area contributed by atoms with Gasteiger partial charge in [0.05, 0.1) is 12.7 Å². The van der Waals surface area contributed by atoms with Crippen LogP contribution in [-0.2, 0) is 12.0 Å². The summed E-state index contributed by atoms with van der Waals surface area (Å²) in [4.78, 5) is 21.1. The number of amides is 1. The lowest BCUT2D eigenvalue weighted by Gasteiger charge is -2.34. The van der Waals surface area contributed by atoms with Gasteiger partial charge in [0.25, 0.3) is 5.91 Å². The molecule has 1 amide bonds. The minimum atomic E-state index is -0.0470. The summed E-state index contributed by atoms with van der Waals surface area (Å²) in [6, 6.07) is 4.94. The molecule has 1 aliphatic rings. The Morgan fingerprint density at radius 3 is 2.27 bits per heavy atom. The van der Waals surface area contributed by atoms with E-state index in [2.05, 4.69) is 30.7 Å². The first-order valence-corrected chi connectivity index (χ1v) is 9.41. The van der Waals surface area contributed by atoms with Crippen LogP contribution in [0.2, 0.25) is 10.0 Å². The second kappa shape index (κ2) is 7.59. The van der Waals surface area contributed by atoms with Gasteiger partial charge in [0, 0.05) is 47.2 Å². The van der Waals surface area contributed by atoms with Gasteiger partial charge in [-0.15, -0.1) is 0 Å². The van der Waals surface area contributed by atoms with Crippen LogP contribution in [0, 0.1) is 0 Å². The lowest BCUT2D eigenvalue weighted by molar-refractivity contribution is 0.0617. The van der Waals surface area contributed by atoms with E-state index in [1.54, 1.807) is 24.4 Å². The van der Waals surface area contributed by atoms with Crippen molar-refractivity contribution in [1.29, 1.82) is 0 Å². The van der Waals surface area contributed by atoms with Gasteiger partial charge >= 0.3 is 0 Å². The van der Waals surface area contributed by atoms with Crippen LogP contribution in [0.4, 0.5) is 0 Å². The van der Waals surface area contributed by atoms with Gasteiger partial charge in [0.2, 0.25) is 5.89 Å².